The van der Waals surface area contributed by atoms with Crippen LogP contribution in [0.5, 0.6) is 0 Å². The van der Waals surface area contributed by atoms with Gasteiger partial charge in [0, 0.05) is 6.20 Å². The number of rotatable bonds is 2. The van der Waals surface area contributed by atoms with Crippen LogP contribution in [0.1, 0.15) is 6.23 Å². The maximum atomic E-state index is 13.8. The van der Waals surface area contributed by atoms with Crippen molar-refractivity contribution in [3.05, 3.63) is 31.5 Å². The number of alkyl halides is 1. The second kappa shape index (κ2) is 4.92. The molecule has 1 fully saturated rings. The number of ether oxygens (including phenoxy) is 1. The van der Waals surface area contributed by atoms with E-state index in [-0.39, 0.29) is 4.47 Å². The maximum absolute atomic E-state index is 13.8. The van der Waals surface area contributed by atoms with E-state index >= 15 is 0 Å². The minimum atomic E-state index is -1.88. The summed E-state index contributed by atoms with van der Waals surface area (Å²) in [6, 6.07) is 0. The molecule has 0 saturated carbocycles. The van der Waals surface area contributed by atoms with E-state index in [1.807, 2.05) is 4.98 Å². The third kappa shape index (κ3) is 2.14. The van der Waals surface area contributed by atoms with Crippen molar-refractivity contribution in [2.45, 2.75) is 24.6 Å². The molecule has 0 amide bonds. The largest absolute Gasteiger partial charge is 0.394 e. The molecule has 18 heavy (non-hydrogen) atoms. The fourth-order valence-electron chi connectivity index (χ4n) is 1.73. The number of H-pyrrole nitrogens is 1. The molecule has 1 aliphatic rings. The number of nitrogens with zero attached hydrogens (tertiary/aromatic N) is 1. The molecular formula is C9H10BrFN2O5. The van der Waals surface area contributed by atoms with Crippen molar-refractivity contribution in [2.24, 2.45) is 0 Å². The Balaban J connectivity index is 2.42. The summed E-state index contributed by atoms with van der Waals surface area (Å²) in [5.74, 6) is 0. The van der Waals surface area contributed by atoms with Gasteiger partial charge in [0.15, 0.2) is 12.4 Å². The molecule has 2 rings (SSSR count). The Bertz CT molecular complexity index is 559. The molecule has 1 saturated heterocycles. The first-order valence-corrected chi connectivity index (χ1v) is 5.84. The van der Waals surface area contributed by atoms with Crippen LogP contribution in [0, 0.1) is 0 Å². The van der Waals surface area contributed by atoms with Gasteiger partial charge in [-0.05, 0) is 15.9 Å². The second-order valence-electron chi connectivity index (χ2n) is 3.83. The van der Waals surface area contributed by atoms with E-state index in [0.29, 0.717) is 0 Å². The van der Waals surface area contributed by atoms with Crippen molar-refractivity contribution in [1.29, 1.82) is 0 Å². The van der Waals surface area contributed by atoms with E-state index in [9.17, 15) is 19.1 Å². The van der Waals surface area contributed by atoms with Gasteiger partial charge in [-0.25, -0.2) is 9.18 Å². The number of hydrogen-bond acceptors (Lipinski definition) is 5. The highest BCUT2D eigenvalue weighted by molar-refractivity contribution is 9.10. The Morgan fingerprint density at radius 2 is 2.22 bits per heavy atom. The SMILES string of the molecule is O=c1[nH]c(=O)n([C@@H]2O[C@H](CO)[C@@H](O)[C@@H]2F)cc1[76Br]. The van der Waals surface area contributed by atoms with Gasteiger partial charge >= 0.3 is 5.69 Å². The highest BCUT2D eigenvalue weighted by Gasteiger charge is 2.45. The summed E-state index contributed by atoms with van der Waals surface area (Å²) in [4.78, 5) is 24.6. The van der Waals surface area contributed by atoms with E-state index in [0.717, 1.165) is 10.8 Å². The minimum absolute atomic E-state index is 0.0276. The zero-order valence-corrected chi connectivity index (χ0v) is 10.5. The van der Waals surface area contributed by atoms with Crippen molar-refractivity contribution in [1.82, 2.24) is 9.55 Å². The molecule has 0 radical (unpaired) electrons. The lowest BCUT2D eigenvalue weighted by Crippen LogP contribution is -2.36. The third-order valence-electron chi connectivity index (χ3n) is 2.67. The number of hydrogen-bond donors (Lipinski definition) is 3. The van der Waals surface area contributed by atoms with Gasteiger partial charge in [0.05, 0.1) is 11.1 Å². The molecule has 1 aromatic heterocycles. The number of nitrogens with one attached hydrogen (secondary N) is 1. The van der Waals surface area contributed by atoms with Crippen LogP contribution in [0.15, 0.2) is 20.3 Å². The minimum Gasteiger partial charge on any atom is -0.394 e. The molecule has 3 N–H and O–H groups in total. The van der Waals surface area contributed by atoms with E-state index < -0.39 is 42.5 Å². The van der Waals surface area contributed by atoms with Gasteiger partial charge in [-0.3, -0.25) is 14.3 Å². The predicted octanol–water partition coefficient (Wildman–Crippen LogP) is -1.11. The number of aliphatic hydroxyl groups is 2. The summed E-state index contributed by atoms with van der Waals surface area (Å²) >= 11 is 2.90. The lowest BCUT2D eigenvalue weighted by Gasteiger charge is -2.15. The quantitative estimate of drug-likeness (QED) is 0.641. The van der Waals surface area contributed by atoms with Crippen molar-refractivity contribution >= 4 is 15.9 Å². The summed E-state index contributed by atoms with van der Waals surface area (Å²) in [5.41, 5.74) is -1.51. The molecule has 0 aromatic carbocycles. The molecule has 2 heterocycles. The lowest BCUT2D eigenvalue weighted by atomic mass is 10.1. The monoisotopic (exact) mass is 321 g/mol. The van der Waals surface area contributed by atoms with Crippen molar-refractivity contribution in [2.75, 3.05) is 6.61 Å². The highest BCUT2D eigenvalue weighted by Crippen LogP contribution is 2.30. The molecule has 4 atom stereocenters. The van der Waals surface area contributed by atoms with E-state index in [1.165, 1.54) is 0 Å². The molecule has 0 spiro atoms. The average molecular weight is 321 g/mol. The predicted molar refractivity (Wildman–Crippen MR) is 60.9 cm³/mol. The van der Waals surface area contributed by atoms with E-state index in [1.54, 1.807) is 0 Å². The fraction of sp³-hybridized carbons (Fsp3) is 0.556. The molecule has 0 aliphatic carbocycles. The second-order valence-corrected chi connectivity index (χ2v) is 4.68. The number of halogens is 2. The maximum Gasteiger partial charge on any atom is 0.330 e. The van der Waals surface area contributed by atoms with Crippen LogP contribution in [0.2, 0.25) is 0 Å². The van der Waals surface area contributed by atoms with Gasteiger partial charge < -0.3 is 14.9 Å². The Kier molecular flexibility index (Phi) is 3.66. The topological polar surface area (TPSA) is 105 Å². The van der Waals surface area contributed by atoms with Crippen molar-refractivity contribution in [3.63, 3.8) is 0 Å². The first-order valence-electron chi connectivity index (χ1n) is 5.05. The summed E-state index contributed by atoms with van der Waals surface area (Å²) < 4.78 is 19.6. The first-order chi connectivity index (χ1) is 8.45. The molecule has 0 bridgehead atoms. The molecule has 0 unspecified atom stereocenters. The molecule has 1 aromatic rings. The van der Waals surface area contributed by atoms with Crippen LogP contribution >= 0.6 is 15.9 Å². The summed E-state index contributed by atoms with van der Waals surface area (Å²) in [5, 5.41) is 18.3. The van der Waals surface area contributed by atoms with Gasteiger partial charge in [0.1, 0.15) is 12.2 Å². The molecule has 100 valence electrons. The zero-order valence-electron chi connectivity index (χ0n) is 8.92. The zero-order chi connectivity index (χ0) is 13.4. The van der Waals surface area contributed by atoms with Crippen molar-refractivity contribution in [3.8, 4) is 0 Å². The molecule has 7 nitrogen and oxygen atoms in total. The van der Waals surface area contributed by atoms with Crippen LogP contribution in [-0.4, -0.2) is 44.8 Å². The third-order valence-corrected chi connectivity index (χ3v) is 3.24. The standard InChI is InChI=1S/C9H10BrFN2O5/c10-3-1-13(9(17)12-7(3)16)8-5(11)6(15)4(2-14)18-8/h1,4-6,8,14-15H,2H2,(H,12,16,17)/t4-,5+,6-,8-/m1/s1/i10-4. The number of aromatic nitrogens is 2. The van der Waals surface area contributed by atoms with Crippen LogP contribution in [-0.2, 0) is 4.74 Å². The molecular weight excluding hydrogens is 311 g/mol. The van der Waals surface area contributed by atoms with Gasteiger partial charge in [0.25, 0.3) is 5.56 Å². The lowest BCUT2D eigenvalue weighted by molar-refractivity contribution is -0.0492. The number of aliphatic hydroxyl groups excluding tert-OH is 2. The fourth-order valence-corrected chi connectivity index (χ4v) is 2.05. The average Bonchev–Trinajstić information content (AvgIpc) is 2.61. The Morgan fingerprint density at radius 1 is 1.56 bits per heavy atom. The Labute approximate surface area is 108 Å². The van der Waals surface area contributed by atoms with Crippen LogP contribution in [0.4, 0.5) is 4.39 Å². The van der Waals surface area contributed by atoms with E-state index in [2.05, 4.69) is 15.9 Å². The van der Waals surface area contributed by atoms with Gasteiger partial charge in [-0.2, -0.15) is 0 Å². The first kappa shape index (κ1) is 13.4. The Morgan fingerprint density at radius 3 is 2.78 bits per heavy atom. The van der Waals surface area contributed by atoms with Crippen LogP contribution < -0.4 is 11.2 Å². The normalized spacial score (nSPS) is 31.8. The van der Waals surface area contributed by atoms with Crippen LogP contribution in [0.3, 0.4) is 0 Å². The molecule has 9 heteroatoms. The highest BCUT2D eigenvalue weighted by atomic mass is 75.9. The van der Waals surface area contributed by atoms with Crippen molar-refractivity contribution < 1.29 is 19.3 Å². The smallest absolute Gasteiger partial charge is 0.330 e. The Hall–Kier alpha value is -1.03. The van der Waals surface area contributed by atoms with E-state index in [4.69, 9.17) is 9.84 Å². The van der Waals surface area contributed by atoms with Gasteiger partial charge in [-0.15, -0.1) is 0 Å². The van der Waals surface area contributed by atoms with Crippen LogP contribution in [0.25, 0.3) is 0 Å². The summed E-state index contributed by atoms with van der Waals surface area (Å²) in [7, 11) is 0. The number of aromatic amines is 1. The molecule has 1 aliphatic heterocycles. The summed E-state index contributed by atoms with van der Waals surface area (Å²) in [6.45, 7) is -0.572. The van der Waals surface area contributed by atoms with Gasteiger partial charge in [-0.1, -0.05) is 0 Å². The van der Waals surface area contributed by atoms with Gasteiger partial charge in [0.2, 0.25) is 0 Å². The summed E-state index contributed by atoms with van der Waals surface area (Å²) in [6.07, 6.45) is -4.83.